The summed E-state index contributed by atoms with van der Waals surface area (Å²) in [6, 6.07) is 13.5. The monoisotopic (exact) mass is 357 g/mol. The van der Waals surface area contributed by atoms with E-state index in [0.29, 0.717) is 17.9 Å². The van der Waals surface area contributed by atoms with Gasteiger partial charge in [-0.1, -0.05) is 12.1 Å². The quantitative estimate of drug-likeness (QED) is 0.362. The number of fused-ring (bicyclic) bond motifs is 2. The van der Waals surface area contributed by atoms with E-state index in [1.165, 1.54) is 0 Å². The average Bonchev–Trinajstić information content (AvgIpc) is 3.35. The molecule has 2 heterocycles. The predicted molar refractivity (Wildman–Crippen MR) is 106 cm³/mol. The molecule has 2 aromatic heterocycles. The summed E-state index contributed by atoms with van der Waals surface area (Å²) in [4.78, 5) is 34.5. The standard InChI is InChI=1S/C20H15N5O2/c26-19-17(22-9-11-2-1-3-14-13(11)6-7-21-14)18(20(19)27)25-12-4-5-15-16(8-12)24-10-23-15/h1-8,10,21-22,25H,9H2,(H,23,24). The van der Waals surface area contributed by atoms with E-state index in [2.05, 4.69) is 25.6 Å². The van der Waals surface area contributed by atoms with Gasteiger partial charge in [0.15, 0.2) is 0 Å². The number of imidazole rings is 1. The van der Waals surface area contributed by atoms with Crippen LogP contribution in [0.5, 0.6) is 0 Å². The first-order valence-electron chi connectivity index (χ1n) is 8.53. The van der Waals surface area contributed by atoms with E-state index in [1.807, 2.05) is 48.7 Å². The van der Waals surface area contributed by atoms with E-state index in [9.17, 15) is 9.59 Å². The summed E-state index contributed by atoms with van der Waals surface area (Å²) in [7, 11) is 0. The van der Waals surface area contributed by atoms with E-state index in [1.54, 1.807) is 6.33 Å². The van der Waals surface area contributed by atoms with Crippen molar-refractivity contribution in [3.05, 3.63) is 81.0 Å². The van der Waals surface area contributed by atoms with Crippen LogP contribution in [0.1, 0.15) is 5.56 Å². The first-order chi connectivity index (χ1) is 13.2. The summed E-state index contributed by atoms with van der Waals surface area (Å²) in [5.74, 6) is 0. The van der Waals surface area contributed by atoms with Crippen molar-refractivity contribution >= 4 is 39.0 Å². The molecule has 0 fully saturated rings. The smallest absolute Gasteiger partial charge is 0.253 e. The summed E-state index contributed by atoms with van der Waals surface area (Å²) in [5.41, 5.74) is 4.06. The summed E-state index contributed by atoms with van der Waals surface area (Å²) in [6.07, 6.45) is 3.49. The van der Waals surface area contributed by atoms with Gasteiger partial charge in [0.1, 0.15) is 11.4 Å². The third-order valence-corrected chi connectivity index (χ3v) is 4.74. The number of benzene rings is 2. The molecule has 7 nitrogen and oxygen atoms in total. The summed E-state index contributed by atoms with van der Waals surface area (Å²) in [5, 5.41) is 7.24. The van der Waals surface area contributed by atoms with Crippen LogP contribution in [-0.2, 0) is 6.54 Å². The Morgan fingerprint density at radius 1 is 0.926 bits per heavy atom. The average molecular weight is 357 g/mol. The van der Waals surface area contributed by atoms with E-state index >= 15 is 0 Å². The second kappa shape index (κ2) is 5.84. The Morgan fingerprint density at radius 2 is 1.81 bits per heavy atom. The van der Waals surface area contributed by atoms with Crippen molar-refractivity contribution in [2.75, 3.05) is 10.6 Å². The molecule has 5 aromatic rings. The fraction of sp³-hybridized carbons (Fsp3) is 0.0500. The molecule has 3 aromatic carbocycles. The van der Waals surface area contributed by atoms with Crippen molar-refractivity contribution in [2.45, 2.75) is 6.54 Å². The molecular weight excluding hydrogens is 342 g/mol. The molecule has 5 rings (SSSR count). The molecule has 0 atom stereocenters. The molecule has 7 heteroatoms. The topological polar surface area (TPSA) is 103 Å². The van der Waals surface area contributed by atoms with Gasteiger partial charge in [0.25, 0.3) is 10.9 Å². The fourth-order valence-corrected chi connectivity index (χ4v) is 3.32. The Hall–Kier alpha value is -3.87. The van der Waals surface area contributed by atoms with Gasteiger partial charge in [-0.2, -0.15) is 0 Å². The van der Waals surface area contributed by atoms with Crippen molar-refractivity contribution in [3.63, 3.8) is 0 Å². The van der Waals surface area contributed by atoms with Crippen molar-refractivity contribution < 1.29 is 0 Å². The van der Waals surface area contributed by atoms with Crippen LogP contribution in [0.3, 0.4) is 0 Å². The molecule has 0 radical (unpaired) electrons. The van der Waals surface area contributed by atoms with Crippen LogP contribution < -0.4 is 21.5 Å². The molecule has 0 aliphatic heterocycles. The SMILES string of the molecule is O=c1c(NCc2cccc3[nH]ccc23)c(Nc2ccc3[nH]cnc3c2)c1=O. The van der Waals surface area contributed by atoms with Gasteiger partial charge >= 0.3 is 0 Å². The number of nitrogens with one attached hydrogen (secondary N) is 4. The highest BCUT2D eigenvalue weighted by Crippen LogP contribution is 2.24. The van der Waals surface area contributed by atoms with Crippen molar-refractivity contribution in [1.29, 1.82) is 0 Å². The Morgan fingerprint density at radius 3 is 2.74 bits per heavy atom. The second-order valence-electron chi connectivity index (χ2n) is 6.38. The maximum Gasteiger partial charge on any atom is 0.253 e. The van der Waals surface area contributed by atoms with Crippen LogP contribution in [0.4, 0.5) is 17.1 Å². The van der Waals surface area contributed by atoms with Crippen molar-refractivity contribution in [2.24, 2.45) is 0 Å². The van der Waals surface area contributed by atoms with E-state index in [4.69, 9.17) is 0 Å². The summed E-state index contributed by atoms with van der Waals surface area (Å²) >= 11 is 0. The molecule has 4 N–H and O–H groups in total. The van der Waals surface area contributed by atoms with Crippen LogP contribution >= 0.6 is 0 Å². The number of H-pyrrole nitrogens is 2. The zero-order valence-corrected chi connectivity index (χ0v) is 14.2. The lowest BCUT2D eigenvalue weighted by atomic mass is 10.1. The Bertz CT molecular complexity index is 1350. The van der Waals surface area contributed by atoms with Gasteiger partial charge in [0, 0.05) is 29.3 Å². The molecule has 0 amide bonds. The second-order valence-corrected chi connectivity index (χ2v) is 6.38. The molecular formula is C20H15N5O2. The predicted octanol–water partition coefficient (Wildman–Crippen LogP) is 3.00. The number of anilines is 3. The molecule has 0 bridgehead atoms. The number of rotatable bonds is 5. The minimum absolute atomic E-state index is 0.288. The molecule has 0 aliphatic carbocycles. The first-order valence-corrected chi connectivity index (χ1v) is 8.53. The fourth-order valence-electron chi connectivity index (χ4n) is 3.32. The maximum atomic E-state index is 12.0. The van der Waals surface area contributed by atoms with Gasteiger partial charge in [-0.15, -0.1) is 0 Å². The largest absolute Gasteiger partial charge is 0.376 e. The Balaban J connectivity index is 1.41. The third-order valence-electron chi connectivity index (χ3n) is 4.74. The molecule has 0 saturated heterocycles. The van der Waals surface area contributed by atoms with Gasteiger partial charge in [-0.25, -0.2) is 4.98 Å². The maximum absolute atomic E-state index is 12.0. The van der Waals surface area contributed by atoms with Crippen molar-refractivity contribution in [3.8, 4) is 0 Å². The Labute approximate surface area is 152 Å². The number of hydrogen-bond donors (Lipinski definition) is 4. The van der Waals surface area contributed by atoms with Gasteiger partial charge in [-0.3, -0.25) is 9.59 Å². The molecule has 0 aliphatic rings. The van der Waals surface area contributed by atoms with Gasteiger partial charge in [-0.05, 0) is 35.9 Å². The van der Waals surface area contributed by atoms with Crippen LogP contribution in [-0.4, -0.2) is 15.0 Å². The number of hydrogen-bond acceptors (Lipinski definition) is 5. The highest BCUT2D eigenvalue weighted by molar-refractivity contribution is 5.85. The molecule has 0 unspecified atom stereocenters. The zero-order chi connectivity index (χ0) is 18.4. The van der Waals surface area contributed by atoms with E-state index in [0.717, 1.165) is 27.5 Å². The Kier molecular flexibility index (Phi) is 3.33. The van der Waals surface area contributed by atoms with Gasteiger partial charge < -0.3 is 20.6 Å². The van der Waals surface area contributed by atoms with Gasteiger partial charge in [0.05, 0.1) is 17.4 Å². The summed E-state index contributed by atoms with van der Waals surface area (Å²) < 4.78 is 0. The lowest BCUT2D eigenvalue weighted by Crippen LogP contribution is -2.36. The minimum Gasteiger partial charge on any atom is -0.376 e. The third kappa shape index (κ3) is 2.48. The lowest BCUT2D eigenvalue weighted by Gasteiger charge is -2.15. The van der Waals surface area contributed by atoms with Crippen LogP contribution in [0.2, 0.25) is 0 Å². The number of nitrogens with zero attached hydrogens (tertiary/aromatic N) is 1. The van der Waals surface area contributed by atoms with Crippen molar-refractivity contribution in [1.82, 2.24) is 15.0 Å². The highest BCUT2D eigenvalue weighted by Gasteiger charge is 2.21. The summed E-state index contributed by atoms with van der Waals surface area (Å²) in [6.45, 7) is 0.452. The van der Waals surface area contributed by atoms with Crippen LogP contribution in [0.25, 0.3) is 21.9 Å². The highest BCUT2D eigenvalue weighted by atomic mass is 16.2. The number of aromatic nitrogens is 3. The molecule has 0 spiro atoms. The minimum atomic E-state index is -0.514. The lowest BCUT2D eigenvalue weighted by molar-refractivity contribution is 1.14. The van der Waals surface area contributed by atoms with E-state index < -0.39 is 10.9 Å². The molecule has 27 heavy (non-hydrogen) atoms. The van der Waals surface area contributed by atoms with E-state index in [-0.39, 0.29) is 5.69 Å². The van der Waals surface area contributed by atoms with Gasteiger partial charge in [0.2, 0.25) is 0 Å². The normalized spacial score (nSPS) is 11.4. The molecule has 0 saturated carbocycles. The van der Waals surface area contributed by atoms with Crippen LogP contribution in [0, 0.1) is 0 Å². The van der Waals surface area contributed by atoms with Crippen LogP contribution in [0.15, 0.2) is 64.6 Å². The number of aromatic amines is 2. The zero-order valence-electron chi connectivity index (χ0n) is 14.2. The first kappa shape index (κ1) is 15.4. The molecule has 132 valence electrons.